The average molecular weight is 302 g/mol. The third-order valence-corrected chi connectivity index (χ3v) is 4.49. The third-order valence-electron chi connectivity index (χ3n) is 4.49. The minimum Gasteiger partial charge on any atom is -0.353 e. The number of hydrogen-bond acceptors (Lipinski definition) is 2. The number of carbonyl (C=O) groups excluding carboxylic acids is 2. The Morgan fingerprint density at radius 1 is 1.18 bits per heavy atom. The lowest BCUT2D eigenvalue weighted by molar-refractivity contribution is -0.122. The van der Waals surface area contributed by atoms with Gasteiger partial charge < -0.3 is 10.6 Å². The molecule has 0 radical (unpaired) electrons. The molecule has 1 aromatic rings. The van der Waals surface area contributed by atoms with E-state index in [4.69, 9.17) is 0 Å². The topological polar surface area (TPSA) is 58.2 Å². The molecule has 2 atom stereocenters. The van der Waals surface area contributed by atoms with Gasteiger partial charge in [-0.05, 0) is 37.3 Å². The number of hydrogen-bond donors (Lipinski definition) is 2. The summed E-state index contributed by atoms with van der Waals surface area (Å²) in [7, 11) is 0. The van der Waals surface area contributed by atoms with Crippen molar-refractivity contribution in [2.45, 2.75) is 52.0 Å². The van der Waals surface area contributed by atoms with Crippen LogP contribution in [-0.2, 0) is 4.79 Å². The lowest BCUT2D eigenvalue weighted by Crippen LogP contribution is -2.42. The maximum atomic E-state index is 12.0. The molecule has 0 heterocycles. The van der Waals surface area contributed by atoms with Crippen LogP contribution in [0.15, 0.2) is 24.3 Å². The van der Waals surface area contributed by atoms with Crippen LogP contribution in [0.3, 0.4) is 0 Å². The summed E-state index contributed by atoms with van der Waals surface area (Å²) in [5.41, 5.74) is 1.62. The Kier molecular flexibility index (Phi) is 5.99. The second kappa shape index (κ2) is 7.97. The SMILES string of the molecule is Cc1ccccc1C(=O)NCCC(=O)N[C@@H]1CCCC[C@@H]1C. The van der Waals surface area contributed by atoms with Crippen molar-refractivity contribution in [2.75, 3.05) is 6.54 Å². The second-order valence-electron chi connectivity index (χ2n) is 6.26. The van der Waals surface area contributed by atoms with Gasteiger partial charge in [-0.3, -0.25) is 9.59 Å². The normalized spacial score (nSPS) is 21.2. The van der Waals surface area contributed by atoms with Gasteiger partial charge in [-0.2, -0.15) is 0 Å². The molecule has 1 fully saturated rings. The minimum absolute atomic E-state index is 0.0313. The average Bonchev–Trinajstić information content (AvgIpc) is 2.50. The summed E-state index contributed by atoms with van der Waals surface area (Å²) in [5, 5.41) is 5.92. The Morgan fingerprint density at radius 2 is 1.91 bits per heavy atom. The number of benzene rings is 1. The van der Waals surface area contributed by atoms with Gasteiger partial charge in [-0.15, -0.1) is 0 Å². The monoisotopic (exact) mass is 302 g/mol. The fourth-order valence-electron chi connectivity index (χ4n) is 3.02. The predicted octanol–water partition coefficient (Wildman–Crippen LogP) is 2.81. The summed E-state index contributed by atoms with van der Waals surface area (Å²) >= 11 is 0. The van der Waals surface area contributed by atoms with Crippen molar-refractivity contribution in [1.29, 1.82) is 0 Å². The molecule has 1 saturated carbocycles. The van der Waals surface area contributed by atoms with E-state index < -0.39 is 0 Å². The minimum atomic E-state index is -0.114. The highest BCUT2D eigenvalue weighted by atomic mass is 16.2. The molecule has 0 aliphatic heterocycles. The third kappa shape index (κ3) is 4.58. The van der Waals surface area contributed by atoms with E-state index in [9.17, 15) is 9.59 Å². The number of carbonyl (C=O) groups is 2. The summed E-state index contributed by atoms with van der Waals surface area (Å²) in [6.07, 6.45) is 5.05. The van der Waals surface area contributed by atoms with Crippen molar-refractivity contribution in [2.24, 2.45) is 5.92 Å². The molecule has 22 heavy (non-hydrogen) atoms. The van der Waals surface area contributed by atoms with Gasteiger partial charge in [0.2, 0.25) is 5.91 Å². The first kappa shape index (κ1) is 16.5. The standard InChI is InChI=1S/C18H26N2O2/c1-13-7-3-5-9-15(13)18(22)19-12-11-17(21)20-16-10-6-4-8-14(16)2/h3,5,7,9,14,16H,4,6,8,10-12H2,1-2H3,(H,19,22)(H,20,21)/t14-,16+/m0/s1. The molecule has 2 rings (SSSR count). The number of aryl methyl sites for hydroxylation is 1. The molecule has 2 N–H and O–H groups in total. The fraction of sp³-hybridized carbons (Fsp3) is 0.556. The first-order chi connectivity index (χ1) is 10.6. The number of nitrogens with one attached hydrogen (secondary N) is 2. The zero-order chi connectivity index (χ0) is 15.9. The smallest absolute Gasteiger partial charge is 0.251 e. The van der Waals surface area contributed by atoms with Gasteiger partial charge in [0.05, 0.1) is 0 Å². The van der Waals surface area contributed by atoms with Crippen molar-refractivity contribution in [3.05, 3.63) is 35.4 Å². The van der Waals surface area contributed by atoms with Crippen LogP contribution >= 0.6 is 0 Å². The molecular formula is C18H26N2O2. The van der Waals surface area contributed by atoms with Crippen LogP contribution in [0.2, 0.25) is 0 Å². The van der Waals surface area contributed by atoms with E-state index >= 15 is 0 Å². The van der Waals surface area contributed by atoms with Crippen LogP contribution in [0.5, 0.6) is 0 Å². The number of amides is 2. The van der Waals surface area contributed by atoms with Crippen LogP contribution < -0.4 is 10.6 Å². The van der Waals surface area contributed by atoms with E-state index in [0.717, 1.165) is 12.0 Å². The molecular weight excluding hydrogens is 276 g/mol. The Morgan fingerprint density at radius 3 is 2.64 bits per heavy atom. The highest BCUT2D eigenvalue weighted by Crippen LogP contribution is 2.23. The highest BCUT2D eigenvalue weighted by Gasteiger charge is 2.22. The molecule has 1 aliphatic carbocycles. The van der Waals surface area contributed by atoms with Gasteiger partial charge in [0.25, 0.3) is 5.91 Å². The summed E-state index contributed by atoms with van der Waals surface area (Å²) < 4.78 is 0. The zero-order valence-corrected chi connectivity index (χ0v) is 13.5. The van der Waals surface area contributed by atoms with E-state index in [1.807, 2.05) is 25.1 Å². The molecule has 1 aliphatic rings. The van der Waals surface area contributed by atoms with Crippen molar-refractivity contribution in [3.8, 4) is 0 Å². The van der Waals surface area contributed by atoms with E-state index in [-0.39, 0.29) is 11.8 Å². The van der Waals surface area contributed by atoms with Crippen LogP contribution in [0.4, 0.5) is 0 Å². The highest BCUT2D eigenvalue weighted by molar-refractivity contribution is 5.95. The van der Waals surface area contributed by atoms with Crippen molar-refractivity contribution in [1.82, 2.24) is 10.6 Å². The molecule has 0 bridgehead atoms. The lowest BCUT2D eigenvalue weighted by Gasteiger charge is -2.29. The molecule has 120 valence electrons. The van der Waals surface area contributed by atoms with Gasteiger partial charge in [-0.25, -0.2) is 0 Å². The van der Waals surface area contributed by atoms with Gasteiger partial charge in [0, 0.05) is 24.6 Å². The summed E-state index contributed by atoms with van der Waals surface area (Å²) in [6.45, 7) is 4.48. The molecule has 1 aromatic carbocycles. The van der Waals surface area contributed by atoms with Crippen LogP contribution in [0.1, 0.15) is 54.9 Å². The van der Waals surface area contributed by atoms with E-state index in [0.29, 0.717) is 30.5 Å². The van der Waals surface area contributed by atoms with Crippen molar-refractivity contribution < 1.29 is 9.59 Å². The Bertz CT molecular complexity index is 528. The maximum Gasteiger partial charge on any atom is 0.251 e. The van der Waals surface area contributed by atoms with Gasteiger partial charge >= 0.3 is 0 Å². The zero-order valence-electron chi connectivity index (χ0n) is 13.5. The maximum absolute atomic E-state index is 12.0. The molecule has 2 amide bonds. The largest absolute Gasteiger partial charge is 0.353 e. The molecule has 0 aromatic heterocycles. The first-order valence-corrected chi connectivity index (χ1v) is 8.21. The Labute approximate surface area is 132 Å². The molecule has 4 heteroatoms. The van der Waals surface area contributed by atoms with Crippen LogP contribution in [0, 0.1) is 12.8 Å². The van der Waals surface area contributed by atoms with Crippen molar-refractivity contribution >= 4 is 11.8 Å². The van der Waals surface area contributed by atoms with E-state index in [1.165, 1.54) is 19.3 Å². The van der Waals surface area contributed by atoms with Crippen LogP contribution in [0.25, 0.3) is 0 Å². The van der Waals surface area contributed by atoms with Gasteiger partial charge in [-0.1, -0.05) is 38.0 Å². The molecule has 0 unspecified atom stereocenters. The molecule has 0 saturated heterocycles. The predicted molar refractivity (Wildman–Crippen MR) is 87.7 cm³/mol. The van der Waals surface area contributed by atoms with Crippen LogP contribution in [-0.4, -0.2) is 24.4 Å². The van der Waals surface area contributed by atoms with E-state index in [2.05, 4.69) is 17.6 Å². The summed E-state index contributed by atoms with van der Waals surface area (Å²) in [4.78, 5) is 24.0. The summed E-state index contributed by atoms with van der Waals surface area (Å²) in [5.74, 6) is 0.472. The Balaban J connectivity index is 1.73. The van der Waals surface area contributed by atoms with E-state index in [1.54, 1.807) is 6.07 Å². The lowest BCUT2D eigenvalue weighted by atomic mass is 9.86. The van der Waals surface area contributed by atoms with Gasteiger partial charge in [0.15, 0.2) is 0 Å². The molecule has 4 nitrogen and oxygen atoms in total. The summed E-state index contributed by atoms with van der Waals surface area (Å²) in [6, 6.07) is 7.76. The molecule has 0 spiro atoms. The fourth-order valence-corrected chi connectivity index (χ4v) is 3.02. The number of rotatable bonds is 5. The first-order valence-electron chi connectivity index (χ1n) is 8.21. The second-order valence-corrected chi connectivity index (χ2v) is 6.26. The van der Waals surface area contributed by atoms with Gasteiger partial charge in [0.1, 0.15) is 0 Å². The van der Waals surface area contributed by atoms with Crippen molar-refractivity contribution in [3.63, 3.8) is 0 Å². The quantitative estimate of drug-likeness (QED) is 0.878. The Hall–Kier alpha value is -1.84.